The van der Waals surface area contributed by atoms with Crippen LogP contribution in [0.5, 0.6) is 5.75 Å². The minimum Gasteiger partial charge on any atom is -0.493 e. The second-order valence-corrected chi connectivity index (χ2v) is 6.79. The van der Waals surface area contributed by atoms with Crippen LogP contribution in [-0.2, 0) is 0 Å². The normalized spacial score (nSPS) is 9.93. The molecule has 0 aliphatic carbocycles. The summed E-state index contributed by atoms with van der Waals surface area (Å²) in [5.41, 5.74) is 1.31. The van der Waals surface area contributed by atoms with Gasteiger partial charge in [0.2, 0.25) is 0 Å². The van der Waals surface area contributed by atoms with E-state index in [-0.39, 0.29) is 16.9 Å². The lowest BCUT2D eigenvalue weighted by Crippen LogP contribution is -2.35. The fraction of sp³-hybridized carbons (Fsp3) is 0.150. The molecule has 0 heterocycles. The summed E-state index contributed by atoms with van der Waals surface area (Å²) < 4.78 is 6.11. The Kier molecular flexibility index (Phi) is 8.16. The molecule has 8 heteroatoms. The number of hydrogen-bond donors (Lipinski definition) is 3. The number of carbonyl (C=O) groups excluding carboxylic acids is 2. The van der Waals surface area contributed by atoms with E-state index in [4.69, 9.17) is 17.0 Å². The van der Waals surface area contributed by atoms with Crippen molar-refractivity contribution < 1.29 is 14.3 Å². The summed E-state index contributed by atoms with van der Waals surface area (Å²) in [6.07, 6.45) is 1.59. The maximum absolute atomic E-state index is 12.4. The first-order valence-electron chi connectivity index (χ1n) is 8.49. The molecule has 0 spiro atoms. The highest BCUT2D eigenvalue weighted by atomic mass is 79.9. The number of thiocarbonyl (C=S) groups is 1. The van der Waals surface area contributed by atoms with E-state index in [0.717, 1.165) is 0 Å². The van der Waals surface area contributed by atoms with Crippen LogP contribution in [-0.4, -0.2) is 30.1 Å². The van der Waals surface area contributed by atoms with Crippen LogP contribution in [0.2, 0.25) is 0 Å². The number of anilines is 1. The quantitative estimate of drug-likeness (QED) is 0.430. The van der Waals surface area contributed by atoms with Crippen molar-refractivity contribution in [3.8, 4) is 5.75 Å². The van der Waals surface area contributed by atoms with Crippen molar-refractivity contribution >= 4 is 50.8 Å². The standard InChI is InChI=1S/C20H20BrN3O3S/c1-3-11-22-19(26)14-7-5-6-8-16(14)23-20(28)24-18(25)13-9-10-17(27-4-2)15(21)12-13/h3,5-10,12H,1,4,11H2,2H3,(H,22,26)(H2,23,24,25,28). The van der Waals surface area contributed by atoms with E-state index >= 15 is 0 Å². The fourth-order valence-electron chi connectivity index (χ4n) is 2.29. The van der Waals surface area contributed by atoms with E-state index in [0.29, 0.717) is 40.2 Å². The molecule has 2 aromatic rings. The molecule has 0 fully saturated rings. The van der Waals surface area contributed by atoms with Crippen molar-refractivity contribution in [1.29, 1.82) is 0 Å². The van der Waals surface area contributed by atoms with Gasteiger partial charge in [-0.15, -0.1) is 6.58 Å². The highest BCUT2D eigenvalue weighted by Gasteiger charge is 2.14. The first kappa shape index (κ1) is 21.6. The minimum atomic E-state index is -0.380. The van der Waals surface area contributed by atoms with Gasteiger partial charge < -0.3 is 15.4 Å². The van der Waals surface area contributed by atoms with Gasteiger partial charge in [0.25, 0.3) is 11.8 Å². The predicted octanol–water partition coefficient (Wildman–Crippen LogP) is 3.89. The van der Waals surface area contributed by atoms with Gasteiger partial charge in [-0.25, -0.2) is 0 Å². The Bertz CT molecular complexity index is 902. The summed E-state index contributed by atoms with van der Waals surface area (Å²) in [4.78, 5) is 24.7. The highest BCUT2D eigenvalue weighted by molar-refractivity contribution is 9.10. The Morgan fingerprint density at radius 3 is 2.64 bits per heavy atom. The van der Waals surface area contributed by atoms with Crippen molar-refractivity contribution in [2.45, 2.75) is 6.92 Å². The van der Waals surface area contributed by atoms with Crippen LogP contribution in [0.1, 0.15) is 27.6 Å². The summed E-state index contributed by atoms with van der Waals surface area (Å²) in [5.74, 6) is 0.00150. The second kappa shape index (κ2) is 10.6. The molecule has 0 saturated carbocycles. The number of ether oxygens (including phenoxy) is 1. The molecule has 0 aliphatic rings. The highest BCUT2D eigenvalue weighted by Crippen LogP contribution is 2.26. The average molecular weight is 462 g/mol. The first-order valence-corrected chi connectivity index (χ1v) is 9.69. The van der Waals surface area contributed by atoms with Gasteiger partial charge in [0.15, 0.2) is 5.11 Å². The van der Waals surface area contributed by atoms with Crippen molar-refractivity contribution in [3.05, 3.63) is 70.7 Å². The van der Waals surface area contributed by atoms with Gasteiger partial charge in [-0.2, -0.15) is 0 Å². The number of nitrogens with one attached hydrogen (secondary N) is 3. The van der Waals surface area contributed by atoms with Crippen LogP contribution in [0, 0.1) is 0 Å². The van der Waals surface area contributed by atoms with E-state index in [1.807, 2.05) is 6.92 Å². The first-order chi connectivity index (χ1) is 13.5. The third-order valence-electron chi connectivity index (χ3n) is 3.55. The maximum Gasteiger partial charge on any atom is 0.257 e. The lowest BCUT2D eigenvalue weighted by molar-refractivity contribution is 0.0956. The Labute approximate surface area is 177 Å². The summed E-state index contributed by atoms with van der Waals surface area (Å²) in [7, 11) is 0. The van der Waals surface area contributed by atoms with Gasteiger partial charge in [0.05, 0.1) is 22.3 Å². The summed E-state index contributed by atoms with van der Waals surface area (Å²) in [6, 6.07) is 11.9. The zero-order valence-corrected chi connectivity index (χ0v) is 17.7. The Balaban J connectivity index is 2.06. The molecule has 2 rings (SSSR count). The van der Waals surface area contributed by atoms with Crippen LogP contribution in [0.25, 0.3) is 0 Å². The molecule has 0 bridgehead atoms. The number of benzene rings is 2. The van der Waals surface area contributed by atoms with Gasteiger partial charge in [0, 0.05) is 12.1 Å². The maximum atomic E-state index is 12.4. The van der Waals surface area contributed by atoms with Crippen molar-refractivity contribution in [2.24, 2.45) is 0 Å². The summed E-state index contributed by atoms with van der Waals surface area (Å²) >= 11 is 8.60. The van der Waals surface area contributed by atoms with Crippen LogP contribution in [0.3, 0.4) is 0 Å². The van der Waals surface area contributed by atoms with E-state index in [2.05, 4.69) is 38.5 Å². The molecular weight excluding hydrogens is 442 g/mol. The van der Waals surface area contributed by atoms with Crippen LogP contribution < -0.4 is 20.7 Å². The van der Waals surface area contributed by atoms with Crippen molar-refractivity contribution in [1.82, 2.24) is 10.6 Å². The molecule has 28 heavy (non-hydrogen) atoms. The molecule has 0 unspecified atom stereocenters. The predicted molar refractivity (Wildman–Crippen MR) is 118 cm³/mol. The van der Waals surface area contributed by atoms with Gasteiger partial charge >= 0.3 is 0 Å². The molecule has 3 N–H and O–H groups in total. The molecule has 0 atom stereocenters. The van der Waals surface area contributed by atoms with E-state index in [1.165, 1.54) is 0 Å². The summed E-state index contributed by atoms with van der Waals surface area (Å²) in [6.45, 7) is 6.33. The minimum absolute atomic E-state index is 0.0824. The average Bonchev–Trinajstić information content (AvgIpc) is 2.68. The lowest BCUT2D eigenvalue weighted by atomic mass is 10.1. The lowest BCUT2D eigenvalue weighted by Gasteiger charge is -2.13. The van der Waals surface area contributed by atoms with Crippen LogP contribution >= 0.6 is 28.1 Å². The van der Waals surface area contributed by atoms with Crippen molar-refractivity contribution in [3.63, 3.8) is 0 Å². The molecule has 0 radical (unpaired) electrons. The van der Waals surface area contributed by atoms with E-state index < -0.39 is 0 Å². The number of hydrogen-bond acceptors (Lipinski definition) is 4. The largest absolute Gasteiger partial charge is 0.493 e. The fourth-order valence-corrected chi connectivity index (χ4v) is 2.99. The van der Waals surface area contributed by atoms with Crippen LogP contribution in [0.15, 0.2) is 59.6 Å². The number of amides is 2. The number of carbonyl (C=O) groups is 2. The van der Waals surface area contributed by atoms with Crippen LogP contribution in [0.4, 0.5) is 5.69 Å². The SMILES string of the molecule is C=CCNC(=O)c1ccccc1NC(=S)NC(=O)c1ccc(OCC)c(Br)c1. The molecule has 2 aromatic carbocycles. The smallest absolute Gasteiger partial charge is 0.257 e. The molecule has 146 valence electrons. The number of halogens is 1. The second-order valence-electron chi connectivity index (χ2n) is 5.53. The van der Waals surface area contributed by atoms with Gasteiger partial charge in [0.1, 0.15) is 5.75 Å². The third kappa shape index (κ3) is 5.90. The topological polar surface area (TPSA) is 79.5 Å². The zero-order chi connectivity index (χ0) is 20.5. The Hall–Kier alpha value is -2.71. The monoisotopic (exact) mass is 461 g/mol. The molecule has 0 aliphatic heterocycles. The van der Waals surface area contributed by atoms with E-state index in [1.54, 1.807) is 48.5 Å². The Morgan fingerprint density at radius 1 is 1.21 bits per heavy atom. The van der Waals surface area contributed by atoms with E-state index in [9.17, 15) is 9.59 Å². The van der Waals surface area contributed by atoms with Crippen molar-refractivity contribution in [2.75, 3.05) is 18.5 Å². The molecule has 6 nitrogen and oxygen atoms in total. The van der Waals surface area contributed by atoms with Gasteiger partial charge in [-0.05, 0) is 65.4 Å². The molecule has 0 aromatic heterocycles. The molecule has 0 saturated heterocycles. The molecular formula is C20H20BrN3O3S. The molecule has 2 amide bonds. The Morgan fingerprint density at radius 2 is 1.96 bits per heavy atom. The zero-order valence-electron chi connectivity index (χ0n) is 15.3. The van der Waals surface area contributed by atoms with Gasteiger partial charge in [-0.3, -0.25) is 14.9 Å². The summed E-state index contributed by atoms with van der Waals surface area (Å²) in [5, 5.41) is 8.28. The third-order valence-corrected chi connectivity index (χ3v) is 4.37. The number of para-hydroxylation sites is 1. The number of rotatable bonds is 7. The van der Waals surface area contributed by atoms with Gasteiger partial charge in [-0.1, -0.05) is 18.2 Å².